The second kappa shape index (κ2) is 6.70. The number of nitrogens with two attached hydrogens (primary N) is 1. The zero-order valence-electron chi connectivity index (χ0n) is 8.73. The molecule has 0 aromatic heterocycles. The van der Waals surface area contributed by atoms with Crippen LogP contribution in [0.3, 0.4) is 0 Å². The number of hydrogen-bond acceptors (Lipinski definition) is 5. The molecule has 0 radical (unpaired) electrons. The first kappa shape index (κ1) is 13.3. The van der Waals surface area contributed by atoms with Gasteiger partial charge in [0.05, 0.1) is 0 Å². The van der Waals surface area contributed by atoms with Crippen molar-refractivity contribution in [3.63, 3.8) is 0 Å². The van der Waals surface area contributed by atoms with E-state index in [2.05, 4.69) is 0 Å². The van der Waals surface area contributed by atoms with Gasteiger partial charge in [0.1, 0.15) is 29.4 Å². The van der Waals surface area contributed by atoms with Crippen molar-refractivity contribution < 1.29 is 5.11 Å². The van der Waals surface area contributed by atoms with Crippen molar-refractivity contribution in [2.45, 2.75) is 13.3 Å². The number of nitriles is 3. The van der Waals surface area contributed by atoms with E-state index in [1.165, 1.54) is 12.2 Å². The lowest BCUT2D eigenvalue weighted by molar-refractivity contribution is 0.402. The molecular formula is C11H10N4O. The normalized spacial score (nSPS) is 10.9. The van der Waals surface area contributed by atoms with Crippen molar-refractivity contribution >= 4 is 0 Å². The van der Waals surface area contributed by atoms with Gasteiger partial charge in [0.2, 0.25) is 0 Å². The van der Waals surface area contributed by atoms with Crippen LogP contribution in [0.4, 0.5) is 0 Å². The Balaban J connectivity index is 5.30. The van der Waals surface area contributed by atoms with Crippen molar-refractivity contribution in [1.29, 1.82) is 15.8 Å². The van der Waals surface area contributed by atoms with Crippen LogP contribution >= 0.6 is 0 Å². The Kier molecular flexibility index (Phi) is 5.57. The van der Waals surface area contributed by atoms with E-state index >= 15 is 0 Å². The average Bonchev–Trinajstić information content (AvgIpc) is 2.28. The van der Waals surface area contributed by atoms with Crippen LogP contribution in [-0.4, -0.2) is 5.11 Å². The highest BCUT2D eigenvalue weighted by Gasteiger charge is 2.01. The summed E-state index contributed by atoms with van der Waals surface area (Å²) in [5.74, 6) is -0.593. The van der Waals surface area contributed by atoms with E-state index in [1.54, 1.807) is 25.1 Å². The van der Waals surface area contributed by atoms with Gasteiger partial charge >= 0.3 is 0 Å². The van der Waals surface area contributed by atoms with Crippen LogP contribution in [0.2, 0.25) is 0 Å². The Hall–Kier alpha value is -2.71. The molecule has 0 spiro atoms. The molecular weight excluding hydrogens is 204 g/mol. The molecule has 0 unspecified atom stereocenters. The molecule has 5 nitrogen and oxygen atoms in total. The van der Waals surface area contributed by atoms with Gasteiger partial charge in [-0.05, 0) is 18.1 Å². The van der Waals surface area contributed by atoms with E-state index in [4.69, 9.17) is 26.6 Å². The Morgan fingerprint density at radius 1 is 1.19 bits per heavy atom. The molecule has 3 N–H and O–H groups in total. The van der Waals surface area contributed by atoms with E-state index in [0.29, 0.717) is 12.0 Å². The Labute approximate surface area is 93.6 Å². The van der Waals surface area contributed by atoms with Crippen LogP contribution in [0.15, 0.2) is 34.8 Å². The van der Waals surface area contributed by atoms with Gasteiger partial charge in [0.25, 0.3) is 0 Å². The zero-order valence-corrected chi connectivity index (χ0v) is 8.73. The number of allylic oxidation sites excluding steroid dienone is 5. The van der Waals surface area contributed by atoms with Crippen molar-refractivity contribution in [1.82, 2.24) is 0 Å². The summed E-state index contributed by atoms with van der Waals surface area (Å²) in [7, 11) is 0. The minimum Gasteiger partial charge on any atom is -0.494 e. The molecule has 0 atom stereocenters. The van der Waals surface area contributed by atoms with Gasteiger partial charge in [-0.15, -0.1) is 0 Å². The van der Waals surface area contributed by atoms with Crippen LogP contribution in [0, 0.1) is 34.0 Å². The van der Waals surface area contributed by atoms with Crippen LogP contribution < -0.4 is 5.73 Å². The van der Waals surface area contributed by atoms with Gasteiger partial charge in [0.15, 0.2) is 5.88 Å². The number of rotatable bonds is 3. The molecule has 0 fully saturated rings. The summed E-state index contributed by atoms with van der Waals surface area (Å²) in [4.78, 5) is 0. The van der Waals surface area contributed by atoms with Crippen LogP contribution in [0.5, 0.6) is 0 Å². The van der Waals surface area contributed by atoms with Gasteiger partial charge in [-0.1, -0.05) is 13.0 Å². The van der Waals surface area contributed by atoms with Crippen molar-refractivity contribution in [2.75, 3.05) is 0 Å². The molecule has 5 heteroatoms. The van der Waals surface area contributed by atoms with E-state index in [0.717, 1.165) is 0 Å². The zero-order chi connectivity index (χ0) is 12.6. The first-order valence-corrected chi connectivity index (χ1v) is 4.40. The Morgan fingerprint density at radius 2 is 1.75 bits per heavy atom. The molecule has 0 aliphatic carbocycles. The van der Waals surface area contributed by atoms with Crippen LogP contribution in [-0.2, 0) is 0 Å². The quantitative estimate of drug-likeness (QED) is 0.419. The average molecular weight is 214 g/mol. The Morgan fingerprint density at radius 3 is 2.06 bits per heavy atom. The first-order chi connectivity index (χ1) is 7.60. The lowest BCUT2D eigenvalue weighted by atomic mass is 10.1. The summed E-state index contributed by atoms with van der Waals surface area (Å²) >= 11 is 0. The van der Waals surface area contributed by atoms with Gasteiger partial charge in [-0.3, -0.25) is 0 Å². The summed E-state index contributed by atoms with van der Waals surface area (Å²) in [5, 5.41) is 34.8. The van der Waals surface area contributed by atoms with E-state index in [-0.39, 0.29) is 11.1 Å². The van der Waals surface area contributed by atoms with Gasteiger partial charge in [-0.25, -0.2) is 0 Å². The monoisotopic (exact) mass is 214 g/mol. The molecule has 0 aromatic carbocycles. The van der Waals surface area contributed by atoms with Crippen molar-refractivity contribution in [3.05, 3.63) is 34.8 Å². The predicted octanol–water partition coefficient (Wildman–Crippen LogP) is 1.55. The number of nitrogens with zero attached hydrogens (tertiary/aromatic N) is 3. The molecule has 0 aromatic rings. The molecule has 0 saturated heterocycles. The predicted molar refractivity (Wildman–Crippen MR) is 57.1 cm³/mol. The van der Waals surface area contributed by atoms with E-state index < -0.39 is 5.88 Å². The fraction of sp³-hybridized carbons (Fsp3) is 0.182. The van der Waals surface area contributed by atoms with Gasteiger partial charge in [-0.2, -0.15) is 15.8 Å². The molecule has 0 heterocycles. The van der Waals surface area contributed by atoms with Crippen molar-refractivity contribution in [3.8, 4) is 18.2 Å². The third-order valence-electron chi connectivity index (χ3n) is 1.77. The SMILES string of the molecule is CCC(/C=C/C(C#N)=C(\N)O)=C(C#N)C#N. The molecule has 0 aliphatic rings. The van der Waals surface area contributed by atoms with Gasteiger partial charge in [0, 0.05) is 0 Å². The third kappa shape index (κ3) is 3.57. The van der Waals surface area contributed by atoms with E-state index in [1.807, 2.05) is 0 Å². The fourth-order valence-electron chi connectivity index (χ4n) is 0.910. The largest absolute Gasteiger partial charge is 0.494 e. The number of aliphatic hydroxyl groups is 1. The number of hydrogen-bond donors (Lipinski definition) is 2. The number of aliphatic hydroxyl groups excluding tert-OH is 1. The summed E-state index contributed by atoms with van der Waals surface area (Å²) in [6, 6.07) is 5.18. The molecule has 0 amide bonds. The second-order valence-electron chi connectivity index (χ2n) is 2.72. The standard InChI is InChI=1S/C11H10N4O/c1-2-8(10(6-13)7-14)3-4-9(5-12)11(15)16/h3-4,16H,2,15H2,1H3/b4-3+,11-9-. The summed E-state index contributed by atoms with van der Waals surface area (Å²) in [6.07, 6.45) is 3.16. The second-order valence-corrected chi connectivity index (χ2v) is 2.72. The highest BCUT2D eigenvalue weighted by Crippen LogP contribution is 2.11. The molecule has 0 saturated carbocycles. The first-order valence-electron chi connectivity index (χ1n) is 4.40. The van der Waals surface area contributed by atoms with Crippen molar-refractivity contribution in [2.24, 2.45) is 5.73 Å². The molecule has 0 bridgehead atoms. The lowest BCUT2D eigenvalue weighted by Crippen LogP contribution is -1.98. The molecule has 16 heavy (non-hydrogen) atoms. The van der Waals surface area contributed by atoms with Crippen LogP contribution in [0.1, 0.15) is 13.3 Å². The summed E-state index contributed by atoms with van der Waals surface area (Å²) in [5.41, 5.74) is 5.39. The third-order valence-corrected chi connectivity index (χ3v) is 1.77. The topological polar surface area (TPSA) is 118 Å². The highest BCUT2D eigenvalue weighted by atomic mass is 16.3. The maximum atomic E-state index is 8.89. The summed E-state index contributed by atoms with van der Waals surface area (Å²) < 4.78 is 0. The highest BCUT2D eigenvalue weighted by molar-refractivity contribution is 5.47. The summed E-state index contributed by atoms with van der Waals surface area (Å²) in [6.45, 7) is 1.77. The van der Waals surface area contributed by atoms with Gasteiger partial charge < -0.3 is 10.8 Å². The Bertz CT molecular complexity index is 458. The fourth-order valence-corrected chi connectivity index (χ4v) is 0.910. The molecule has 80 valence electrons. The maximum Gasteiger partial charge on any atom is 0.199 e. The maximum absolute atomic E-state index is 8.89. The molecule has 0 rings (SSSR count). The smallest absolute Gasteiger partial charge is 0.199 e. The minimum absolute atomic E-state index is 0.0208. The molecule has 0 aliphatic heterocycles. The lowest BCUT2D eigenvalue weighted by Gasteiger charge is -1.96. The van der Waals surface area contributed by atoms with E-state index in [9.17, 15) is 0 Å². The van der Waals surface area contributed by atoms with Crippen LogP contribution in [0.25, 0.3) is 0 Å². The minimum atomic E-state index is -0.593.